The van der Waals surface area contributed by atoms with Gasteiger partial charge in [-0.3, -0.25) is 0 Å². The maximum atomic E-state index is 10.2. The molecule has 0 aliphatic carbocycles. The molecular weight excluding hydrogens is 244 g/mol. The first kappa shape index (κ1) is 17.2. The lowest BCUT2D eigenvalue weighted by Gasteiger charge is -2.27. The number of hydrogen-bond donors (Lipinski definition) is 1. The lowest BCUT2D eigenvalue weighted by Crippen LogP contribution is -2.20. The molecule has 1 aromatic carbocycles. The van der Waals surface area contributed by atoms with Crippen LogP contribution in [-0.4, -0.2) is 11.2 Å². The SMILES string of the molecule is CC(C)C(O)Cc1cc(C(C)(C)C)cc(C(C)(C)C)c1. The number of aliphatic hydroxyl groups excluding tert-OH is 1. The van der Waals surface area contributed by atoms with Gasteiger partial charge in [-0.25, -0.2) is 0 Å². The smallest absolute Gasteiger partial charge is 0.0603 e. The predicted octanol–water partition coefficient (Wildman–Crippen LogP) is 4.84. The van der Waals surface area contributed by atoms with Gasteiger partial charge in [0.15, 0.2) is 0 Å². The van der Waals surface area contributed by atoms with Gasteiger partial charge < -0.3 is 5.11 Å². The summed E-state index contributed by atoms with van der Waals surface area (Å²) in [5.74, 6) is 0.298. The second kappa shape index (κ2) is 5.89. The summed E-state index contributed by atoms with van der Waals surface area (Å²) in [6, 6.07) is 6.85. The second-order valence-electron chi connectivity index (χ2n) is 8.43. The summed E-state index contributed by atoms with van der Waals surface area (Å²) in [6.07, 6.45) is 0.475. The third kappa shape index (κ3) is 4.63. The van der Waals surface area contributed by atoms with Crippen LogP contribution in [0.4, 0.5) is 0 Å². The molecule has 0 spiro atoms. The monoisotopic (exact) mass is 276 g/mol. The molecule has 0 radical (unpaired) electrons. The topological polar surface area (TPSA) is 20.2 Å². The molecule has 1 N–H and O–H groups in total. The van der Waals surface area contributed by atoms with Gasteiger partial charge in [-0.2, -0.15) is 0 Å². The largest absolute Gasteiger partial charge is 0.393 e. The van der Waals surface area contributed by atoms with Crippen molar-refractivity contribution in [3.63, 3.8) is 0 Å². The summed E-state index contributed by atoms with van der Waals surface area (Å²) in [6.45, 7) is 17.6. The van der Waals surface area contributed by atoms with Crippen molar-refractivity contribution >= 4 is 0 Å². The first-order chi connectivity index (χ1) is 8.91. The average Bonchev–Trinajstić information content (AvgIpc) is 2.26. The van der Waals surface area contributed by atoms with Crippen LogP contribution in [0.15, 0.2) is 18.2 Å². The Morgan fingerprint density at radius 3 is 1.55 bits per heavy atom. The molecule has 1 aromatic rings. The van der Waals surface area contributed by atoms with Crippen molar-refractivity contribution in [2.24, 2.45) is 5.92 Å². The molecule has 0 bridgehead atoms. The Balaban J connectivity index is 3.24. The van der Waals surface area contributed by atoms with E-state index in [4.69, 9.17) is 0 Å². The summed E-state index contributed by atoms with van der Waals surface area (Å²) in [4.78, 5) is 0. The van der Waals surface area contributed by atoms with E-state index in [1.54, 1.807) is 0 Å². The summed E-state index contributed by atoms with van der Waals surface area (Å²) < 4.78 is 0. The highest BCUT2D eigenvalue weighted by molar-refractivity contribution is 5.37. The third-order valence-electron chi connectivity index (χ3n) is 3.94. The predicted molar refractivity (Wildman–Crippen MR) is 88.4 cm³/mol. The van der Waals surface area contributed by atoms with Crippen LogP contribution in [0.25, 0.3) is 0 Å². The van der Waals surface area contributed by atoms with E-state index < -0.39 is 0 Å². The first-order valence-electron chi connectivity index (χ1n) is 7.74. The molecule has 114 valence electrons. The maximum Gasteiger partial charge on any atom is 0.0603 e. The molecule has 20 heavy (non-hydrogen) atoms. The van der Waals surface area contributed by atoms with Gasteiger partial charge in [0.05, 0.1) is 6.10 Å². The van der Waals surface area contributed by atoms with Crippen molar-refractivity contribution in [1.82, 2.24) is 0 Å². The van der Waals surface area contributed by atoms with Gasteiger partial charge in [0.25, 0.3) is 0 Å². The van der Waals surface area contributed by atoms with Gasteiger partial charge in [-0.15, -0.1) is 0 Å². The van der Waals surface area contributed by atoms with E-state index in [1.165, 1.54) is 16.7 Å². The van der Waals surface area contributed by atoms with Crippen LogP contribution in [0.1, 0.15) is 72.1 Å². The van der Waals surface area contributed by atoms with Crippen molar-refractivity contribution in [3.8, 4) is 0 Å². The highest BCUT2D eigenvalue weighted by atomic mass is 16.3. The Morgan fingerprint density at radius 1 is 0.850 bits per heavy atom. The number of aliphatic hydroxyl groups is 1. The molecule has 0 aliphatic heterocycles. The Labute approximate surface area is 125 Å². The minimum atomic E-state index is -0.266. The van der Waals surface area contributed by atoms with Crippen molar-refractivity contribution in [1.29, 1.82) is 0 Å². The standard InChI is InChI=1S/C19H32O/c1-13(2)17(20)11-14-9-15(18(3,4)5)12-16(10-14)19(6,7)8/h9-10,12-13,17,20H,11H2,1-8H3. The molecule has 1 atom stereocenters. The highest BCUT2D eigenvalue weighted by Crippen LogP contribution is 2.31. The molecular formula is C19H32O. The normalized spacial score (nSPS) is 14.7. The lowest BCUT2D eigenvalue weighted by molar-refractivity contribution is 0.125. The molecule has 0 heterocycles. The minimum absolute atomic E-state index is 0.138. The summed E-state index contributed by atoms with van der Waals surface area (Å²) in [5.41, 5.74) is 4.24. The van der Waals surface area contributed by atoms with Gasteiger partial charge in [0, 0.05) is 0 Å². The van der Waals surface area contributed by atoms with Crippen molar-refractivity contribution in [2.75, 3.05) is 0 Å². The zero-order chi connectivity index (χ0) is 15.7. The summed E-state index contributed by atoms with van der Waals surface area (Å²) in [5, 5.41) is 10.2. The minimum Gasteiger partial charge on any atom is -0.393 e. The van der Waals surface area contributed by atoms with Gasteiger partial charge in [-0.1, -0.05) is 73.6 Å². The Hall–Kier alpha value is -0.820. The van der Waals surface area contributed by atoms with Crippen LogP contribution in [0.3, 0.4) is 0 Å². The van der Waals surface area contributed by atoms with Crippen LogP contribution in [0, 0.1) is 5.92 Å². The quantitative estimate of drug-likeness (QED) is 0.837. The number of benzene rings is 1. The number of hydrogen-bond acceptors (Lipinski definition) is 1. The Morgan fingerprint density at radius 2 is 1.25 bits per heavy atom. The molecule has 1 heteroatoms. The Bertz CT molecular complexity index is 412. The van der Waals surface area contributed by atoms with Gasteiger partial charge in [-0.05, 0) is 39.9 Å². The average molecular weight is 276 g/mol. The van der Waals surface area contributed by atoms with E-state index in [1.807, 2.05) is 0 Å². The van der Waals surface area contributed by atoms with E-state index in [0.29, 0.717) is 5.92 Å². The molecule has 0 amide bonds. The van der Waals surface area contributed by atoms with Gasteiger partial charge >= 0.3 is 0 Å². The first-order valence-corrected chi connectivity index (χ1v) is 7.74. The van der Waals surface area contributed by atoms with Gasteiger partial charge in [0.2, 0.25) is 0 Å². The van der Waals surface area contributed by atoms with Crippen molar-refractivity contribution < 1.29 is 5.11 Å². The fourth-order valence-corrected chi connectivity index (χ4v) is 2.15. The van der Waals surface area contributed by atoms with Crippen LogP contribution in [-0.2, 0) is 17.3 Å². The molecule has 1 unspecified atom stereocenters. The fourth-order valence-electron chi connectivity index (χ4n) is 2.15. The molecule has 1 rings (SSSR count). The molecule has 1 nitrogen and oxygen atoms in total. The van der Waals surface area contributed by atoms with Crippen molar-refractivity contribution in [2.45, 2.75) is 78.7 Å². The lowest BCUT2D eigenvalue weighted by atomic mass is 9.79. The zero-order valence-corrected chi connectivity index (χ0v) is 14.5. The third-order valence-corrected chi connectivity index (χ3v) is 3.94. The second-order valence-corrected chi connectivity index (χ2v) is 8.43. The molecule has 0 aromatic heterocycles. The molecule has 0 fully saturated rings. The van der Waals surface area contributed by atoms with E-state index in [-0.39, 0.29) is 16.9 Å². The summed E-state index contributed by atoms with van der Waals surface area (Å²) in [7, 11) is 0. The number of rotatable bonds is 3. The molecule has 0 aliphatic rings. The van der Waals surface area contributed by atoms with Gasteiger partial charge in [0.1, 0.15) is 0 Å². The molecule has 0 saturated carbocycles. The highest BCUT2D eigenvalue weighted by Gasteiger charge is 2.21. The van der Waals surface area contributed by atoms with Crippen LogP contribution >= 0.6 is 0 Å². The maximum absolute atomic E-state index is 10.2. The van der Waals surface area contributed by atoms with Crippen LogP contribution < -0.4 is 0 Å². The molecule has 0 saturated heterocycles. The summed E-state index contributed by atoms with van der Waals surface area (Å²) >= 11 is 0. The Kier molecular flexibility index (Phi) is 5.08. The van der Waals surface area contributed by atoms with Crippen LogP contribution in [0.5, 0.6) is 0 Å². The van der Waals surface area contributed by atoms with Crippen LogP contribution in [0.2, 0.25) is 0 Å². The van der Waals surface area contributed by atoms with E-state index in [9.17, 15) is 5.11 Å². The van der Waals surface area contributed by atoms with Crippen molar-refractivity contribution in [3.05, 3.63) is 34.9 Å². The van der Waals surface area contributed by atoms with E-state index in [2.05, 4.69) is 73.6 Å². The van der Waals surface area contributed by atoms with E-state index in [0.717, 1.165) is 6.42 Å². The van der Waals surface area contributed by atoms with E-state index >= 15 is 0 Å². The fraction of sp³-hybridized carbons (Fsp3) is 0.684. The zero-order valence-electron chi connectivity index (χ0n) is 14.5.